The Morgan fingerprint density at radius 3 is 2.58 bits per heavy atom. The molecule has 0 aliphatic rings. The number of halogens is 2. The van der Waals surface area contributed by atoms with Gasteiger partial charge in [0.25, 0.3) is 0 Å². The van der Waals surface area contributed by atoms with Gasteiger partial charge in [-0.2, -0.15) is 0 Å². The van der Waals surface area contributed by atoms with Crippen LogP contribution in [0.2, 0.25) is 0 Å². The molecule has 0 aliphatic heterocycles. The molecule has 0 saturated carbocycles. The number of likely N-dealkylation sites (N-methyl/N-ethyl adjacent to an activating group) is 1. The zero-order valence-electron chi connectivity index (χ0n) is 11.0. The fraction of sp³-hybridized carbons (Fsp3) is 0.267. The van der Waals surface area contributed by atoms with Gasteiger partial charge in [0.05, 0.1) is 0 Å². The summed E-state index contributed by atoms with van der Waals surface area (Å²) in [5.74, 6) is 0.755. The Labute approximate surface area is 121 Å². The second kappa shape index (κ2) is 6.15. The molecule has 4 heteroatoms. The van der Waals surface area contributed by atoms with Gasteiger partial charge in [0.15, 0.2) is 0 Å². The van der Waals surface area contributed by atoms with Crippen LogP contribution in [-0.4, -0.2) is 18.6 Å². The summed E-state index contributed by atoms with van der Waals surface area (Å²) in [4.78, 5) is 6.48. The van der Waals surface area contributed by atoms with E-state index in [0.29, 0.717) is 0 Å². The zero-order chi connectivity index (χ0) is 13.8. The topological polar surface area (TPSA) is 16.1 Å². The highest BCUT2D eigenvalue weighted by atomic mass is 79.9. The second-order valence-corrected chi connectivity index (χ2v) is 5.44. The minimum absolute atomic E-state index is 0.192. The lowest BCUT2D eigenvalue weighted by Crippen LogP contribution is -2.21. The second-order valence-electron chi connectivity index (χ2n) is 4.59. The largest absolute Gasteiger partial charge is 0.359 e. The lowest BCUT2D eigenvalue weighted by atomic mass is 10.1. The molecule has 0 amide bonds. The van der Waals surface area contributed by atoms with E-state index in [2.05, 4.69) is 31.9 Å². The van der Waals surface area contributed by atoms with Gasteiger partial charge in [-0.1, -0.05) is 12.1 Å². The first-order valence-corrected chi connectivity index (χ1v) is 6.93. The molecule has 2 rings (SSSR count). The van der Waals surface area contributed by atoms with Crippen molar-refractivity contribution in [3.8, 4) is 0 Å². The molecule has 0 unspecified atom stereocenters. The molecule has 2 nitrogen and oxygen atoms in total. The Kier molecular flexibility index (Phi) is 4.53. The molecule has 1 aromatic carbocycles. The van der Waals surface area contributed by atoms with Crippen molar-refractivity contribution in [3.05, 3.63) is 57.9 Å². The fourth-order valence-corrected chi connectivity index (χ4v) is 2.01. The Morgan fingerprint density at radius 2 is 1.95 bits per heavy atom. The summed E-state index contributed by atoms with van der Waals surface area (Å²) < 4.78 is 13.8. The van der Waals surface area contributed by atoms with Gasteiger partial charge in [-0.3, -0.25) is 0 Å². The maximum absolute atomic E-state index is 12.8. The molecule has 0 radical (unpaired) electrons. The van der Waals surface area contributed by atoms with E-state index in [1.165, 1.54) is 17.7 Å². The number of rotatable bonds is 4. The molecule has 2 aromatic rings. The van der Waals surface area contributed by atoms with E-state index in [9.17, 15) is 4.39 Å². The maximum Gasteiger partial charge on any atom is 0.128 e. The van der Waals surface area contributed by atoms with Gasteiger partial charge in [-0.15, -0.1) is 0 Å². The van der Waals surface area contributed by atoms with Crippen LogP contribution in [0.25, 0.3) is 0 Å². The van der Waals surface area contributed by atoms with E-state index < -0.39 is 0 Å². The van der Waals surface area contributed by atoms with Crippen molar-refractivity contribution in [1.29, 1.82) is 0 Å². The summed E-state index contributed by atoms with van der Waals surface area (Å²) in [5.41, 5.74) is 2.29. The van der Waals surface area contributed by atoms with E-state index in [1.54, 1.807) is 0 Å². The van der Waals surface area contributed by atoms with Crippen molar-refractivity contribution in [2.45, 2.75) is 13.3 Å². The molecule has 1 aromatic heterocycles. The summed E-state index contributed by atoms with van der Waals surface area (Å²) >= 11 is 3.44. The molecule has 0 saturated heterocycles. The summed E-state index contributed by atoms with van der Waals surface area (Å²) in [5, 5.41) is 0. The highest BCUT2D eigenvalue weighted by Crippen LogP contribution is 2.19. The predicted molar refractivity (Wildman–Crippen MR) is 80.0 cm³/mol. The van der Waals surface area contributed by atoms with Gasteiger partial charge < -0.3 is 4.90 Å². The van der Waals surface area contributed by atoms with Gasteiger partial charge >= 0.3 is 0 Å². The molecule has 0 N–H and O–H groups in total. The lowest BCUT2D eigenvalue weighted by molar-refractivity contribution is 0.627. The first-order valence-electron chi connectivity index (χ1n) is 6.14. The molecule has 0 atom stereocenters. The Morgan fingerprint density at radius 1 is 1.26 bits per heavy atom. The van der Waals surface area contributed by atoms with E-state index in [1.807, 2.05) is 32.3 Å². The summed E-state index contributed by atoms with van der Waals surface area (Å²) in [7, 11) is 2.01. The molecular formula is C15H16BrFN2. The number of pyridine rings is 1. The normalized spacial score (nSPS) is 10.5. The average molecular weight is 323 g/mol. The molecule has 0 fully saturated rings. The SMILES string of the molecule is Cc1cc(N(C)CCc2ccc(F)cc2)ncc1Br. The van der Waals surface area contributed by atoms with E-state index in [-0.39, 0.29) is 5.82 Å². The summed E-state index contributed by atoms with van der Waals surface area (Å²) in [6.45, 7) is 2.89. The number of aromatic nitrogens is 1. The van der Waals surface area contributed by atoms with E-state index in [0.717, 1.165) is 28.8 Å². The van der Waals surface area contributed by atoms with Gasteiger partial charge in [-0.25, -0.2) is 9.37 Å². The number of aryl methyl sites for hydroxylation is 1. The Bertz CT molecular complexity index is 555. The third kappa shape index (κ3) is 3.77. The van der Waals surface area contributed by atoms with Gasteiger partial charge in [0.2, 0.25) is 0 Å². The van der Waals surface area contributed by atoms with Crippen LogP contribution >= 0.6 is 15.9 Å². The minimum Gasteiger partial charge on any atom is -0.359 e. The Balaban J connectivity index is 1.98. The quantitative estimate of drug-likeness (QED) is 0.846. The van der Waals surface area contributed by atoms with Crippen molar-refractivity contribution in [1.82, 2.24) is 4.98 Å². The first kappa shape index (κ1) is 14.0. The van der Waals surface area contributed by atoms with Crippen LogP contribution in [-0.2, 0) is 6.42 Å². The van der Waals surface area contributed by atoms with E-state index >= 15 is 0 Å². The van der Waals surface area contributed by atoms with E-state index in [4.69, 9.17) is 0 Å². The molecule has 100 valence electrons. The van der Waals surface area contributed by atoms with Crippen molar-refractivity contribution in [3.63, 3.8) is 0 Å². The van der Waals surface area contributed by atoms with Crippen LogP contribution in [0.15, 0.2) is 41.0 Å². The van der Waals surface area contributed by atoms with Crippen molar-refractivity contribution in [2.75, 3.05) is 18.5 Å². The minimum atomic E-state index is -0.192. The van der Waals surface area contributed by atoms with Crippen molar-refractivity contribution in [2.24, 2.45) is 0 Å². The highest BCUT2D eigenvalue weighted by Gasteiger charge is 2.05. The number of hydrogen-bond donors (Lipinski definition) is 0. The smallest absolute Gasteiger partial charge is 0.128 e. The lowest BCUT2D eigenvalue weighted by Gasteiger charge is -2.18. The van der Waals surface area contributed by atoms with Crippen molar-refractivity contribution >= 4 is 21.7 Å². The molecule has 0 bridgehead atoms. The van der Waals surface area contributed by atoms with Gasteiger partial charge in [-0.05, 0) is 58.6 Å². The molecule has 1 heterocycles. The monoisotopic (exact) mass is 322 g/mol. The number of hydrogen-bond acceptors (Lipinski definition) is 2. The van der Waals surface area contributed by atoms with Crippen LogP contribution in [0, 0.1) is 12.7 Å². The number of anilines is 1. The third-order valence-electron chi connectivity index (χ3n) is 3.07. The molecule has 0 spiro atoms. The number of benzene rings is 1. The van der Waals surface area contributed by atoms with Crippen LogP contribution in [0.5, 0.6) is 0 Å². The van der Waals surface area contributed by atoms with Crippen LogP contribution in [0.4, 0.5) is 10.2 Å². The summed E-state index contributed by atoms with van der Waals surface area (Å²) in [6, 6.07) is 8.69. The fourth-order valence-electron chi connectivity index (χ4n) is 1.80. The molecule has 19 heavy (non-hydrogen) atoms. The van der Waals surface area contributed by atoms with Crippen LogP contribution < -0.4 is 4.90 Å². The van der Waals surface area contributed by atoms with Crippen LogP contribution in [0.1, 0.15) is 11.1 Å². The average Bonchev–Trinajstić information content (AvgIpc) is 2.41. The number of nitrogens with zero attached hydrogens (tertiary/aromatic N) is 2. The zero-order valence-corrected chi connectivity index (χ0v) is 12.6. The first-order chi connectivity index (χ1) is 9.06. The Hall–Kier alpha value is -1.42. The van der Waals surface area contributed by atoms with Gasteiger partial charge in [0, 0.05) is 24.3 Å². The predicted octanol–water partition coefficient (Wildman–Crippen LogP) is 3.97. The standard InChI is InChI=1S/C15H16BrFN2/c1-11-9-15(18-10-14(11)16)19(2)8-7-12-3-5-13(17)6-4-12/h3-6,9-10H,7-8H2,1-2H3. The van der Waals surface area contributed by atoms with Crippen LogP contribution in [0.3, 0.4) is 0 Å². The van der Waals surface area contributed by atoms with Gasteiger partial charge in [0.1, 0.15) is 11.6 Å². The third-order valence-corrected chi connectivity index (χ3v) is 3.90. The molecular weight excluding hydrogens is 307 g/mol. The molecule has 0 aliphatic carbocycles. The maximum atomic E-state index is 12.8. The van der Waals surface area contributed by atoms with Crippen molar-refractivity contribution < 1.29 is 4.39 Å². The summed E-state index contributed by atoms with van der Waals surface area (Å²) in [6.07, 6.45) is 2.69. The highest BCUT2D eigenvalue weighted by molar-refractivity contribution is 9.10.